The molecule has 0 spiro atoms. The van der Waals surface area contributed by atoms with E-state index in [9.17, 15) is 14.0 Å². The Morgan fingerprint density at radius 3 is 2.34 bits per heavy atom. The van der Waals surface area contributed by atoms with E-state index in [4.69, 9.17) is 4.74 Å². The SMILES string of the molecule is Cc1cc(C)c(C)c(OCC(=O)N(Cc2ccc(F)cc2)[C@H](Cc2ccccc2)C(=O)NC2CCCC2)c1. The summed E-state index contributed by atoms with van der Waals surface area (Å²) in [5, 5.41) is 3.19. The number of ether oxygens (including phenoxy) is 1. The molecule has 0 aliphatic heterocycles. The largest absolute Gasteiger partial charge is 0.483 e. The molecule has 1 aliphatic carbocycles. The lowest BCUT2D eigenvalue weighted by Crippen LogP contribution is -2.53. The van der Waals surface area contributed by atoms with Gasteiger partial charge in [-0.15, -0.1) is 0 Å². The van der Waals surface area contributed by atoms with E-state index in [2.05, 4.69) is 11.4 Å². The van der Waals surface area contributed by atoms with Crippen molar-refractivity contribution in [3.05, 3.63) is 100 Å². The summed E-state index contributed by atoms with van der Waals surface area (Å²) in [5.74, 6) is -0.151. The van der Waals surface area contributed by atoms with Crippen molar-refractivity contribution in [1.29, 1.82) is 0 Å². The lowest BCUT2D eigenvalue weighted by atomic mass is 10.0. The first-order valence-electron chi connectivity index (χ1n) is 13.4. The number of amides is 2. The zero-order valence-electron chi connectivity index (χ0n) is 22.5. The number of halogens is 1. The molecule has 1 fully saturated rings. The molecule has 0 radical (unpaired) electrons. The first-order valence-corrected chi connectivity index (χ1v) is 13.4. The van der Waals surface area contributed by atoms with Crippen molar-refractivity contribution < 1.29 is 18.7 Å². The van der Waals surface area contributed by atoms with Gasteiger partial charge in [0.1, 0.15) is 17.6 Å². The van der Waals surface area contributed by atoms with Gasteiger partial charge in [0, 0.05) is 19.0 Å². The van der Waals surface area contributed by atoms with Gasteiger partial charge in [0.25, 0.3) is 5.91 Å². The minimum atomic E-state index is -0.737. The lowest BCUT2D eigenvalue weighted by molar-refractivity contribution is -0.143. The van der Waals surface area contributed by atoms with Crippen LogP contribution >= 0.6 is 0 Å². The summed E-state index contributed by atoms with van der Waals surface area (Å²) >= 11 is 0. The predicted octanol–water partition coefficient (Wildman–Crippen LogP) is 5.83. The second-order valence-corrected chi connectivity index (χ2v) is 10.3. The molecule has 38 heavy (non-hydrogen) atoms. The number of rotatable bonds is 10. The zero-order valence-corrected chi connectivity index (χ0v) is 22.5. The first kappa shape index (κ1) is 27.4. The number of nitrogens with zero attached hydrogens (tertiary/aromatic N) is 1. The van der Waals surface area contributed by atoms with Crippen molar-refractivity contribution in [2.75, 3.05) is 6.61 Å². The Balaban J connectivity index is 1.63. The highest BCUT2D eigenvalue weighted by atomic mass is 19.1. The van der Waals surface area contributed by atoms with Gasteiger partial charge in [0.15, 0.2) is 6.61 Å². The molecule has 4 rings (SSSR count). The van der Waals surface area contributed by atoms with Crippen LogP contribution in [-0.4, -0.2) is 35.4 Å². The standard InChI is InChI=1S/C32H37FN2O3/c1-22-17-23(2)24(3)30(18-22)38-21-31(36)35(20-26-13-15-27(33)16-14-26)29(19-25-9-5-4-6-10-25)32(37)34-28-11-7-8-12-28/h4-6,9-10,13-18,28-29H,7-8,11-12,19-21H2,1-3H3,(H,34,37)/t29-/m1/s1. The number of nitrogens with one attached hydrogen (secondary N) is 1. The maximum atomic E-state index is 13.8. The van der Waals surface area contributed by atoms with Crippen LogP contribution in [0.1, 0.15) is 53.5 Å². The molecule has 2 amide bonds. The van der Waals surface area contributed by atoms with E-state index in [1.54, 1.807) is 17.0 Å². The fourth-order valence-electron chi connectivity index (χ4n) is 5.08. The highest BCUT2D eigenvalue weighted by Crippen LogP contribution is 2.24. The van der Waals surface area contributed by atoms with Gasteiger partial charge in [0.05, 0.1) is 0 Å². The van der Waals surface area contributed by atoms with Crippen LogP contribution in [0.4, 0.5) is 4.39 Å². The molecule has 3 aromatic rings. The van der Waals surface area contributed by atoms with Gasteiger partial charge in [-0.1, -0.05) is 61.4 Å². The smallest absolute Gasteiger partial charge is 0.261 e. The average molecular weight is 517 g/mol. The first-order chi connectivity index (χ1) is 18.3. The molecule has 0 aromatic heterocycles. The summed E-state index contributed by atoms with van der Waals surface area (Å²) < 4.78 is 19.7. The number of hydrogen-bond donors (Lipinski definition) is 1. The fraction of sp³-hybridized carbons (Fsp3) is 0.375. The number of carbonyl (C=O) groups is 2. The number of hydrogen-bond acceptors (Lipinski definition) is 3. The minimum absolute atomic E-state index is 0.123. The number of aryl methyl sites for hydroxylation is 2. The van der Waals surface area contributed by atoms with Crippen molar-refractivity contribution in [3.63, 3.8) is 0 Å². The molecule has 0 saturated heterocycles. The molecule has 1 saturated carbocycles. The molecule has 1 aliphatic rings. The van der Waals surface area contributed by atoms with Crippen LogP contribution in [0.15, 0.2) is 66.7 Å². The molecule has 0 unspecified atom stereocenters. The molecule has 5 nitrogen and oxygen atoms in total. The third kappa shape index (κ3) is 7.21. The maximum Gasteiger partial charge on any atom is 0.261 e. The van der Waals surface area contributed by atoms with Crippen LogP contribution in [0.2, 0.25) is 0 Å². The molecule has 1 atom stereocenters. The van der Waals surface area contributed by atoms with Crippen LogP contribution in [0, 0.1) is 26.6 Å². The lowest BCUT2D eigenvalue weighted by Gasteiger charge is -2.32. The van der Waals surface area contributed by atoms with Crippen LogP contribution in [-0.2, 0) is 22.6 Å². The molecule has 200 valence electrons. The Labute approximate surface area is 225 Å². The van der Waals surface area contributed by atoms with Gasteiger partial charge in [-0.3, -0.25) is 9.59 Å². The highest BCUT2D eigenvalue weighted by Gasteiger charge is 2.32. The summed E-state index contributed by atoms with van der Waals surface area (Å²) in [6, 6.07) is 19.2. The molecule has 6 heteroatoms. The molecule has 0 bridgehead atoms. The molecular formula is C32H37FN2O3. The Hall–Kier alpha value is -3.67. The summed E-state index contributed by atoms with van der Waals surface area (Å²) in [5.41, 5.74) is 4.83. The second kappa shape index (κ2) is 12.7. The van der Waals surface area contributed by atoms with E-state index >= 15 is 0 Å². The van der Waals surface area contributed by atoms with Crippen molar-refractivity contribution in [2.45, 2.75) is 71.5 Å². The predicted molar refractivity (Wildman–Crippen MR) is 147 cm³/mol. The molecule has 0 heterocycles. The summed E-state index contributed by atoms with van der Waals surface area (Å²) in [6.45, 7) is 5.95. The quantitative estimate of drug-likeness (QED) is 0.369. The van der Waals surface area contributed by atoms with Gasteiger partial charge in [-0.05, 0) is 79.6 Å². The maximum absolute atomic E-state index is 13.8. The highest BCUT2D eigenvalue weighted by molar-refractivity contribution is 5.88. The number of benzene rings is 3. The normalized spacial score (nSPS) is 14.2. The third-order valence-corrected chi connectivity index (χ3v) is 7.35. The summed E-state index contributed by atoms with van der Waals surface area (Å²) in [6.07, 6.45) is 4.45. The van der Waals surface area contributed by atoms with Gasteiger partial charge in [-0.2, -0.15) is 0 Å². The zero-order chi connectivity index (χ0) is 27.1. The topological polar surface area (TPSA) is 58.6 Å². The molecule has 1 N–H and O–H groups in total. The van der Waals surface area contributed by atoms with Gasteiger partial charge in [-0.25, -0.2) is 4.39 Å². The van der Waals surface area contributed by atoms with Crippen LogP contribution in [0.5, 0.6) is 5.75 Å². The number of carbonyl (C=O) groups excluding carboxylic acids is 2. The van der Waals surface area contributed by atoms with E-state index in [0.717, 1.165) is 53.5 Å². The van der Waals surface area contributed by atoms with E-state index < -0.39 is 6.04 Å². The third-order valence-electron chi connectivity index (χ3n) is 7.35. The van der Waals surface area contributed by atoms with E-state index in [1.807, 2.05) is 57.2 Å². The Kier molecular flexibility index (Phi) is 9.16. The van der Waals surface area contributed by atoms with E-state index in [-0.39, 0.29) is 36.8 Å². The van der Waals surface area contributed by atoms with Gasteiger partial charge < -0.3 is 15.0 Å². The second-order valence-electron chi connectivity index (χ2n) is 10.3. The minimum Gasteiger partial charge on any atom is -0.483 e. The Bertz CT molecular complexity index is 1240. The molecular weight excluding hydrogens is 479 g/mol. The van der Waals surface area contributed by atoms with Gasteiger partial charge in [0.2, 0.25) is 5.91 Å². The van der Waals surface area contributed by atoms with E-state index in [1.165, 1.54) is 12.1 Å². The van der Waals surface area contributed by atoms with Crippen LogP contribution < -0.4 is 10.1 Å². The van der Waals surface area contributed by atoms with Crippen molar-refractivity contribution in [3.8, 4) is 5.75 Å². The Morgan fingerprint density at radius 1 is 0.974 bits per heavy atom. The fourth-order valence-corrected chi connectivity index (χ4v) is 5.08. The van der Waals surface area contributed by atoms with Gasteiger partial charge >= 0.3 is 0 Å². The van der Waals surface area contributed by atoms with Crippen molar-refractivity contribution in [1.82, 2.24) is 10.2 Å². The van der Waals surface area contributed by atoms with Crippen LogP contribution in [0.25, 0.3) is 0 Å². The summed E-state index contributed by atoms with van der Waals surface area (Å²) in [4.78, 5) is 29.1. The monoisotopic (exact) mass is 516 g/mol. The Morgan fingerprint density at radius 2 is 1.66 bits per heavy atom. The molecule has 3 aromatic carbocycles. The average Bonchev–Trinajstić information content (AvgIpc) is 3.42. The van der Waals surface area contributed by atoms with Crippen LogP contribution in [0.3, 0.4) is 0 Å². The summed E-state index contributed by atoms with van der Waals surface area (Å²) in [7, 11) is 0. The van der Waals surface area contributed by atoms with Crippen molar-refractivity contribution >= 4 is 11.8 Å². The van der Waals surface area contributed by atoms with Crippen molar-refractivity contribution in [2.24, 2.45) is 0 Å². The van der Waals surface area contributed by atoms with E-state index in [0.29, 0.717) is 12.2 Å².